The molecule has 0 aliphatic carbocycles. The van der Waals surface area contributed by atoms with Crippen LogP contribution in [0.3, 0.4) is 0 Å². The van der Waals surface area contributed by atoms with Crippen LogP contribution < -0.4 is 10.1 Å². The van der Waals surface area contributed by atoms with E-state index in [0.717, 1.165) is 59.8 Å². The van der Waals surface area contributed by atoms with Crippen molar-refractivity contribution in [2.45, 2.75) is 58.7 Å². The standard InChI is InChI=1S/C21H27N3O3/c1-12-13(2)19(26-4)8-7-17(12)21-23-18(14(3)27-21)11-24-15-5-6-16(24)10-22-20(25)9-15/h7-8,15-16H,5-6,9-11H2,1-4H3,(H,22,25)/t15-,16+/m1/s1. The van der Waals surface area contributed by atoms with Crippen LogP contribution in [0.25, 0.3) is 11.5 Å². The zero-order valence-corrected chi connectivity index (χ0v) is 16.5. The smallest absolute Gasteiger partial charge is 0.226 e. The highest BCUT2D eigenvalue weighted by Crippen LogP contribution is 2.34. The first-order chi connectivity index (χ1) is 13.0. The zero-order chi connectivity index (χ0) is 19.1. The highest BCUT2D eigenvalue weighted by atomic mass is 16.5. The van der Waals surface area contributed by atoms with E-state index < -0.39 is 0 Å². The van der Waals surface area contributed by atoms with E-state index in [0.29, 0.717) is 24.4 Å². The van der Waals surface area contributed by atoms with Gasteiger partial charge in [-0.25, -0.2) is 4.98 Å². The Balaban J connectivity index is 1.61. The molecule has 2 aromatic rings. The average molecular weight is 369 g/mol. The molecule has 6 nitrogen and oxygen atoms in total. The molecule has 144 valence electrons. The van der Waals surface area contributed by atoms with Gasteiger partial charge >= 0.3 is 0 Å². The summed E-state index contributed by atoms with van der Waals surface area (Å²) >= 11 is 0. The predicted octanol–water partition coefficient (Wildman–Crippen LogP) is 3.13. The van der Waals surface area contributed by atoms with Crippen LogP contribution in [0.1, 0.15) is 41.8 Å². The normalized spacial score (nSPS) is 22.6. The van der Waals surface area contributed by atoms with Crippen molar-refractivity contribution >= 4 is 5.91 Å². The van der Waals surface area contributed by atoms with Gasteiger partial charge in [-0.3, -0.25) is 9.69 Å². The number of methoxy groups -OCH3 is 1. The lowest BCUT2D eigenvalue weighted by atomic mass is 10.0. The van der Waals surface area contributed by atoms with Gasteiger partial charge in [-0.15, -0.1) is 0 Å². The molecule has 1 aromatic heterocycles. The second-order valence-electron chi connectivity index (χ2n) is 7.65. The lowest BCUT2D eigenvalue weighted by molar-refractivity contribution is -0.121. The number of nitrogens with zero attached hydrogens (tertiary/aromatic N) is 2. The molecule has 4 rings (SSSR count). The third-order valence-corrected chi connectivity index (χ3v) is 6.14. The van der Waals surface area contributed by atoms with Gasteiger partial charge in [0.15, 0.2) is 0 Å². The fraction of sp³-hybridized carbons (Fsp3) is 0.524. The summed E-state index contributed by atoms with van der Waals surface area (Å²) in [4.78, 5) is 19.1. The Morgan fingerprint density at radius 3 is 2.78 bits per heavy atom. The maximum Gasteiger partial charge on any atom is 0.226 e. The minimum Gasteiger partial charge on any atom is -0.496 e. The second-order valence-corrected chi connectivity index (χ2v) is 7.65. The van der Waals surface area contributed by atoms with Crippen molar-refractivity contribution in [3.8, 4) is 17.2 Å². The third-order valence-electron chi connectivity index (χ3n) is 6.14. The predicted molar refractivity (Wildman–Crippen MR) is 103 cm³/mol. The molecule has 0 radical (unpaired) electrons. The first kappa shape index (κ1) is 18.0. The van der Waals surface area contributed by atoms with Gasteiger partial charge in [0.2, 0.25) is 11.8 Å². The first-order valence-electron chi connectivity index (χ1n) is 9.61. The summed E-state index contributed by atoms with van der Waals surface area (Å²) < 4.78 is 11.4. The number of ether oxygens (including phenoxy) is 1. The minimum atomic E-state index is 0.161. The molecule has 2 fully saturated rings. The summed E-state index contributed by atoms with van der Waals surface area (Å²) in [5, 5.41) is 3.03. The van der Waals surface area contributed by atoms with Crippen molar-refractivity contribution in [3.63, 3.8) is 0 Å². The van der Waals surface area contributed by atoms with E-state index in [9.17, 15) is 4.79 Å². The highest BCUT2D eigenvalue weighted by molar-refractivity contribution is 5.77. The Bertz CT molecular complexity index is 874. The molecule has 2 aliphatic rings. The fourth-order valence-corrected chi connectivity index (χ4v) is 4.34. The number of fused-ring (bicyclic) bond motifs is 2. The molecule has 27 heavy (non-hydrogen) atoms. The number of amides is 1. The Morgan fingerprint density at radius 2 is 2.00 bits per heavy atom. The molecule has 1 amide bonds. The van der Waals surface area contributed by atoms with Crippen molar-refractivity contribution in [1.82, 2.24) is 15.2 Å². The Kier molecular flexibility index (Phi) is 4.68. The second kappa shape index (κ2) is 7.00. The molecule has 2 atom stereocenters. The monoisotopic (exact) mass is 369 g/mol. The molecule has 0 spiro atoms. The number of rotatable bonds is 4. The van der Waals surface area contributed by atoms with Gasteiger partial charge in [-0.1, -0.05) is 0 Å². The lowest BCUT2D eigenvalue weighted by Gasteiger charge is -2.26. The molecule has 0 unspecified atom stereocenters. The Morgan fingerprint density at radius 1 is 1.22 bits per heavy atom. The molecular formula is C21H27N3O3. The largest absolute Gasteiger partial charge is 0.496 e. The first-order valence-corrected chi connectivity index (χ1v) is 9.61. The third kappa shape index (κ3) is 3.23. The maximum atomic E-state index is 11.9. The summed E-state index contributed by atoms with van der Waals surface area (Å²) in [5.41, 5.74) is 4.18. The summed E-state index contributed by atoms with van der Waals surface area (Å²) in [5.74, 6) is 2.54. The molecular weight excluding hydrogens is 342 g/mol. The quantitative estimate of drug-likeness (QED) is 0.897. The number of benzene rings is 1. The van der Waals surface area contributed by atoms with Gasteiger partial charge in [0.05, 0.1) is 12.8 Å². The fourth-order valence-electron chi connectivity index (χ4n) is 4.34. The van der Waals surface area contributed by atoms with E-state index in [4.69, 9.17) is 14.1 Å². The summed E-state index contributed by atoms with van der Waals surface area (Å²) in [6.45, 7) is 7.55. The number of hydrogen-bond acceptors (Lipinski definition) is 5. The summed E-state index contributed by atoms with van der Waals surface area (Å²) in [6, 6.07) is 4.67. The average Bonchev–Trinajstić information content (AvgIpc) is 3.14. The van der Waals surface area contributed by atoms with Gasteiger partial charge in [-0.05, 0) is 56.9 Å². The van der Waals surface area contributed by atoms with Gasteiger partial charge in [0.1, 0.15) is 11.5 Å². The van der Waals surface area contributed by atoms with E-state index in [1.807, 2.05) is 26.0 Å². The number of hydrogen-bond donors (Lipinski definition) is 1. The Hall–Kier alpha value is -2.34. The van der Waals surface area contributed by atoms with E-state index in [-0.39, 0.29) is 5.91 Å². The molecule has 1 N–H and O–H groups in total. The molecule has 2 aliphatic heterocycles. The van der Waals surface area contributed by atoms with Crippen molar-refractivity contribution in [2.24, 2.45) is 0 Å². The molecule has 2 bridgehead atoms. The van der Waals surface area contributed by atoms with E-state index in [1.54, 1.807) is 7.11 Å². The number of oxazole rings is 1. The highest BCUT2D eigenvalue weighted by Gasteiger charge is 2.38. The van der Waals surface area contributed by atoms with Gasteiger partial charge in [0, 0.05) is 37.2 Å². The van der Waals surface area contributed by atoms with Crippen molar-refractivity contribution in [3.05, 3.63) is 34.7 Å². The van der Waals surface area contributed by atoms with Gasteiger partial charge < -0.3 is 14.5 Å². The maximum absolute atomic E-state index is 11.9. The van der Waals surface area contributed by atoms with Crippen LogP contribution in [-0.4, -0.2) is 41.5 Å². The van der Waals surface area contributed by atoms with Crippen LogP contribution in [0.2, 0.25) is 0 Å². The van der Waals surface area contributed by atoms with Crippen LogP contribution >= 0.6 is 0 Å². The topological polar surface area (TPSA) is 67.6 Å². The van der Waals surface area contributed by atoms with Crippen LogP contribution in [-0.2, 0) is 11.3 Å². The number of aryl methyl sites for hydroxylation is 1. The molecule has 6 heteroatoms. The number of carbonyl (C=O) groups is 1. The summed E-state index contributed by atoms with van der Waals surface area (Å²) in [6.07, 6.45) is 2.79. The number of nitrogens with one attached hydrogen (secondary N) is 1. The lowest BCUT2D eigenvalue weighted by Crippen LogP contribution is -2.37. The molecule has 0 saturated carbocycles. The van der Waals surface area contributed by atoms with Crippen LogP contribution in [0.4, 0.5) is 0 Å². The van der Waals surface area contributed by atoms with Crippen molar-refractivity contribution in [1.29, 1.82) is 0 Å². The van der Waals surface area contributed by atoms with Gasteiger partial charge in [-0.2, -0.15) is 0 Å². The van der Waals surface area contributed by atoms with E-state index in [2.05, 4.69) is 17.1 Å². The van der Waals surface area contributed by atoms with Crippen LogP contribution in [0.5, 0.6) is 5.75 Å². The summed E-state index contributed by atoms with van der Waals surface area (Å²) in [7, 11) is 1.68. The van der Waals surface area contributed by atoms with E-state index >= 15 is 0 Å². The van der Waals surface area contributed by atoms with Crippen molar-refractivity contribution < 1.29 is 13.9 Å². The van der Waals surface area contributed by atoms with Crippen LogP contribution in [0, 0.1) is 20.8 Å². The SMILES string of the molecule is COc1ccc(-c2nc(CN3[C@@H]4CC[C@H]3CNC(=O)C4)c(C)o2)c(C)c1C. The van der Waals surface area contributed by atoms with Gasteiger partial charge in [0.25, 0.3) is 0 Å². The van der Waals surface area contributed by atoms with Crippen LogP contribution in [0.15, 0.2) is 16.5 Å². The molecule has 2 saturated heterocycles. The zero-order valence-electron chi connectivity index (χ0n) is 16.5. The van der Waals surface area contributed by atoms with Crippen molar-refractivity contribution in [2.75, 3.05) is 13.7 Å². The molecule has 1 aromatic carbocycles. The number of aromatic nitrogens is 1. The number of carbonyl (C=O) groups excluding carboxylic acids is 1. The molecule has 3 heterocycles. The minimum absolute atomic E-state index is 0.161. The van der Waals surface area contributed by atoms with E-state index in [1.165, 1.54) is 0 Å². The Labute approximate surface area is 159 Å².